The third kappa shape index (κ3) is 5.15. The third-order valence-electron chi connectivity index (χ3n) is 4.09. The van der Waals surface area contributed by atoms with Gasteiger partial charge in [-0.2, -0.15) is 0 Å². The molecule has 8 heteroatoms. The Bertz CT molecular complexity index is 941. The van der Waals surface area contributed by atoms with E-state index in [2.05, 4.69) is 15.4 Å². The van der Waals surface area contributed by atoms with Crippen molar-refractivity contribution in [3.8, 4) is 0 Å². The zero-order chi connectivity index (χ0) is 20.0. The molecule has 2 aromatic carbocycles. The summed E-state index contributed by atoms with van der Waals surface area (Å²) >= 11 is 0. The Kier molecular flexibility index (Phi) is 6.70. The number of hydrogen-bond acceptors (Lipinski definition) is 4. The summed E-state index contributed by atoms with van der Waals surface area (Å²) in [6.45, 7) is 3.86. The molecular formula is C19H23N3O4S. The Labute approximate surface area is 159 Å². The Balaban J connectivity index is 2.27. The molecule has 2 aromatic rings. The predicted molar refractivity (Wildman–Crippen MR) is 104 cm³/mol. The maximum atomic E-state index is 12.6. The van der Waals surface area contributed by atoms with Crippen LogP contribution in [0.5, 0.6) is 0 Å². The van der Waals surface area contributed by atoms with Crippen LogP contribution in [0.3, 0.4) is 0 Å². The first-order chi connectivity index (χ1) is 12.8. The van der Waals surface area contributed by atoms with E-state index in [4.69, 9.17) is 0 Å². The number of hydrogen-bond donors (Lipinski definition) is 3. The Hall–Kier alpha value is -2.71. The topological polar surface area (TPSA) is 104 Å². The number of nitrogens with one attached hydrogen (secondary N) is 3. The van der Waals surface area contributed by atoms with Crippen molar-refractivity contribution in [2.75, 3.05) is 12.4 Å². The highest BCUT2D eigenvalue weighted by molar-refractivity contribution is 7.89. The molecule has 0 saturated carbocycles. The highest BCUT2D eigenvalue weighted by atomic mass is 32.2. The minimum Gasteiger partial charge on any atom is -0.350 e. The van der Waals surface area contributed by atoms with Gasteiger partial charge in [-0.15, -0.1) is 0 Å². The van der Waals surface area contributed by atoms with Crippen LogP contribution in [0.1, 0.15) is 41.0 Å². The second-order valence-corrected chi connectivity index (χ2v) is 7.90. The summed E-state index contributed by atoms with van der Waals surface area (Å²) in [5.74, 6) is -0.793. The maximum Gasteiger partial charge on any atom is 0.255 e. The summed E-state index contributed by atoms with van der Waals surface area (Å²) in [6.07, 6.45) is 0.785. The zero-order valence-corrected chi connectivity index (χ0v) is 16.3. The molecule has 0 spiro atoms. The summed E-state index contributed by atoms with van der Waals surface area (Å²) in [5.41, 5.74) is 0.860. The van der Waals surface area contributed by atoms with Crippen LogP contribution in [0.25, 0.3) is 0 Å². The minimum atomic E-state index is -3.66. The first-order valence-electron chi connectivity index (χ1n) is 8.53. The molecule has 144 valence electrons. The minimum absolute atomic E-state index is 0.00434. The van der Waals surface area contributed by atoms with Crippen molar-refractivity contribution in [1.82, 2.24) is 10.0 Å². The number of benzene rings is 2. The molecule has 0 aliphatic rings. The highest BCUT2D eigenvalue weighted by Gasteiger charge is 2.17. The van der Waals surface area contributed by atoms with E-state index in [1.165, 1.54) is 31.3 Å². The third-order valence-corrected chi connectivity index (χ3v) is 5.50. The van der Waals surface area contributed by atoms with Gasteiger partial charge in [0.1, 0.15) is 0 Å². The van der Waals surface area contributed by atoms with Crippen LogP contribution in [0, 0.1) is 0 Å². The molecule has 0 radical (unpaired) electrons. The number of rotatable bonds is 7. The van der Waals surface area contributed by atoms with Crippen molar-refractivity contribution in [1.29, 1.82) is 0 Å². The Morgan fingerprint density at radius 2 is 1.74 bits per heavy atom. The summed E-state index contributed by atoms with van der Waals surface area (Å²) in [4.78, 5) is 25.0. The normalized spacial score (nSPS) is 12.3. The molecule has 7 nitrogen and oxygen atoms in total. The van der Waals surface area contributed by atoms with Gasteiger partial charge in [0.2, 0.25) is 10.0 Å². The standard InChI is InChI=1S/C19H23N3O4S/c1-4-13(2)21-19(24)16-10-5-6-11-17(16)22-18(23)14-8-7-9-15(12-14)27(25,26)20-3/h5-13,20H,4H2,1-3H3,(H,21,24)(H,22,23)/t13-/m1/s1. The summed E-state index contributed by atoms with van der Waals surface area (Å²) < 4.78 is 26.0. The smallest absolute Gasteiger partial charge is 0.255 e. The van der Waals surface area contributed by atoms with Crippen LogP contribution in [-0.2, 0) is 10.0 Å². The summed E-state index contributed by atoms with van der Waals surface area (Å²) in [6, 6.07) is 12.3. The molecule has 2 amide bonds. The fourth-order valence-electron chi connectivity index (χ4n) is 2.31. The van der Waals surface area contributed by atoms with Crippen LogP contribution >= 0.6 is 0 Å². The second-order valence-electron chi connectivity index (χ2n) is 6.02. The van der Waals surface area contributed by atoms with Crippen molar-refractivity contribution < 1.29 is 18.0 Å². The van der Waals surface area contributed by atoms with E-state index < -0.39 is 15.9 Å². The molecule has 27 heavy (non-hydrogen) atoms. The zero-order valence-electron chi connectivity index (χ0n) is 15.4. The molecule has 0 aliphatic heterocycles. The average Bonchev–Trinajstić information content (AvgIpc) is 2.68. The molecule has 0 aliphatic carbocycles. The number of anilines is 1. The first-order valence-corrected chi connectivity index (χ1v) is 10.0. The molecule has 0 aromatic heterocycles. The Morgan fingerprint density at radius 3 is 2.41 bits per heavy atom. The molecule has 0 fully saturated rings. The maximum absolute atomic E-state index is 12.6. The van der Waals surface area contributed by atoms with Gasteiger partial charge in [-0.05, 0) is 50.7 Å². The van der Waals surface area contributed by atoms with Gasteiger partial charge in [0.25, 0.3) is 11.8 Å². The van der Waals surface area contributed by atoms with E-state index in [1.807, 2.05) is 13.8 Å². The fraction of sp³-hybridized carbons (Fsp3) is 0.263. The average molecular weight is 389 g/mol. The van der Waals surface area contributed by atoms with E-state index in [1.54, 1.807) is 24.3 Å². The van der Waals surface area contributed by atoms with Gasteiger partial charge >= 0.3 is 0 Å². The molecule has 0 heterocycles. The lowest BCUT2D eigenvalue weighted by atomic mass is 10.1. The van der Waals surface area contributed by atoms with Crippen LogP contribution in [-0.4, -0.2) is 33.3 Å². The lowest BCUT2D eigenvalue weighted by Gasteiger charge is -2.15. The van der Waals surface area contributed by atoms with Crippen molar-refractivity contribution in [2.45, 2.75) is 31.2 Å². The van der Waals surface area contributed by atoms with Crippen molar-refractivity contribution in [3.63, 3.8) is 0 Å². The SMILES string of the molecule is CC[C@@H](C)NC(=O)c1ccccc1NC(=O)c1cccc(S(=O)(=O)NC)c1. The molecule has 2 rings (SSSR count). The molecule has 0 unspecified atom stereocenters. The van der Waals surface area contributed by atoms with E-state index in [-0.39, 0.29) is 22.4 Å². The van der Waals surface area contributed by atoms with Crippen LogP contribution in [0.4, 0.5) is 5.69 Å². The van der Waals surface area contributed by atoms with E-state index >= 15 is 0 Å². The summed E-state index contributed by atoms with van der Waals surface area (Å²) in [7, 11) is -2.36. The number of para-hydroxylation sites is 1. The van der Waals surface area contributed by atoms with Crippen LogP contribution in [0.2, 0.25) is 0 Å². The first kappa shape index (κ1) is 20.6. The van der Waals surface area contributed by atoms with Gasteiger partial charge in [-0.1, -0.05) is 25.1 Å². The number of carbonyl (C=O) groups is 2. The van der Waals surface area contributed by atoms with Gasteiger partial charge in [0.15, 0.2) is 0 Å². The van der Waals surface area contributed by atoms with Crippen molar-refractivity contribution in [2.24, 2.45) is 0 Å². The second kappa shape index (κ2) is 8.79. The van der Waals surface area contributed by atoms with Gasteiger partial charge < -0.3 is 10.6 Å². The van der Waals surface area contributed by atoms with E-state index in [9.17, 15) is 18.0 Å². The molecule has 3 N–H and O–H groups in total. The highest BCUT2D eigenvalue weighted by Crippen LogP contribution is 2.18. The predicted octanol–water partition coefficient (Wildman–Crippen LogP) is 2.38. The van der Waals surface area contributed by atoms with E-state index in [0.717, 1.165) is 6.42 Å². The van der Waals surface area contributed by atoms with Crippen molar-refractivity contribution >= 4 is 27.5 Å². The quantitative estimate of drug-likeness (QED) is 0.676. The fourth-order valence-corrected chi connectivity index (χ4v) is 3.09. The summed E-state index contributed by atoms with van der Waals surface area (Å²) in [5, 5.41) is 5.54. The van der Waals surface area contributed by atoms with Gasteiger partial charge in [0.05, 0.1) is 16.1 Å². The Morgan fingerprint density at radius 1 is 1.04 bits per heavy atom. The largest absolute Gasteiger partial charge is 0.350 e. The molecule has 1 atom stereocenters. The lowest BCUT2D eigenvalue weighted by Crippen LogP contribution is -2.32. The van der Waals surface area contributed by atoms with E-state index in [0.29, 0.717) is 11.3 Å². The number of sulfonamides is 1. The number of carbonyl (C=O) groups excluding carboxylic acids is 2. The van der Waals surface area contributed by atoms with Gasteiger partial charge in [-0.25, -0.2) is 13.1 Å². The monoisotopic (exact) mass is 389 g/mol. The molecule has 0 saturated heterocycles. The van der Waals surface area contributed by atoms with Gasteiger partial charge in [0, 0.05) is 11.6 Å². The molecular weight excluding hydrogens is 366 g/mol. The molecule has 0 bridgehead atoms. The van der Waals surface area contributed by atoms with Gasteiger partial charge in [-0.3, -0.25) is 9.59 Å². The lowest BCUT2D eigenvalue weighted by molar-refractivity contribution is 0.0940. The van der Waals surface area contributed by atoms with Crippen molar-refractivity contribution in [3.05, 3.63) is 59.7 Å². The van der Waals surface area contributed by atoms with Crippen LogP contribution in [0.15, 0.2) is 53.4 Å². The number of amides is 2. The van der Waals surface area contributed by atoms with Crippen LogP contribution < -0.4 is 15.4 Å².